The number of halogens is 1. The van der Waals surface area contributed by atoms with E-state index in [2.05, 4.69) is 15.5 Å². The first kappa shape index (κ1) is 24.6. The molecule has 188 valence electrons. The van der Waals surface area contributed by atoms with Gasteiger partial charge in [0.1, 0.15) is 10.7 Å². The Morgan fingerprint density at radius 1 is 0.865 bits per heavy atom. The molecule has 1 saturated heterocycles. The molecular weight excluding hydrogens is 488 g/mol. The molecule has 2 N–H and O–H groups in total. The summed E-state index contributed by atoms with van der Waals surface area (Å²) < 4.78 is 0. The summed E-state index contributed by atoms with van der Waals surface area (Å²) in [5, 5.41) is 5.69. The van der Waals surface area contributed by atoms with Crippen molar-refractivity contribution in [1.82, 2.24) is 0 Å². The quantitative estimate of drug-likeness (QED) is 0.405. The number of benzene rings is 3. The van der Waals surface area contributed by atoms with E-state index in [1.807, 2.05) is 43.3 Å². The van der Waals surface area contributed by atoms with E-state index in [0.717, 1.165) is 34.9 Å². The number of carbonyl (C=O) groups is 3. The molecule has 0 aliphatic carbocycles. The minimum Gasteiger partial charge on any atom is -0.372 e. The third-order valence-electron chi connectivity index (χ3n) is 6.65. The average molecular weight is 515 g/mol. The molecule has 0 radical (unpaired) electrons. The van der Waals surface area contributed by atoms with E-state index in [1.165, 1.54) is 12.8 Å². The van der Waals surface area contributed by atoms with Crippen molar-refractivity contribution in [2.75, 3.05) is 33.5 Å². The van der Waals surface area contributed by atoms with Gasteiger partial charge in [0, 0.05) is 35.7 Å². The molecule has 2 heterocycles. The number of para-hydroxylation sites is 1. The molecule has 0 spiro atoms. The van der Waals surface area contributed by atoms with Gasteiger partial charge in [0.15, 0.2) is 0 Å². The summed E-state index contributed by atoms with van der Waals surface area (Å²) in [6.07, 6.45) is 3.09. The second-order valence-electron chi connectivity index (χ2n) is 9.01. The molecule has 7 nitrogen and oxygen atoms in total. The number of hydrogen-bond donors (Lipinski definition) is 2. The van der Waals surface area contributed by atoms with Gasteiger partial charge in [-0.25, -0.2) is 4.90 Å². The summed E-state index contributed by atoms with van der Waals surface area (Å²) in [4.78, 5) is 42.1. The smallest absolute Gasteiger partial charge is 0.283 e. The van der Waals surface area contributed by atoms with E-state index >= 15 is 0 Å². The zero-order valence-corrected chi connectivity index (χ0v) is 21.2. The van der Waals surface area contributed by atoms with Crippen molar-refractivity contribution in [2.45, 2.75) is 26.2 Å². The third-order valence-corrected chi connectivity index (χ3v) is 7.00. The van der Waals surface area contributed by atoms with Crippen LogP contribution in [0.1, 0.15) is 35.7 Å². The van der Waals surface area contributed by atoms with Crippen LogP contribution >= 0.6 is 11.6 Å². The molecular formula is C29H27ClN4O3. The Bertz CT molecular complexity index is 1380. The van der Waals surface area contributed by atoms with E-state index in [9.17, 15) is 14.4 Å². The van der Waals surface area contributed by atoms with Crippen LogP contribution in [0.15, 0.2) is 83.5 Å². The summed E-state index contributed by atoms with van der Waals surface area (Å²) in [6.45, 7) is 4.09. The summed E-state index contributed by atoms with van der Waals surface area (Å²) in [7, 11) is 0. The molecule has 3 aromatic rings. The number of anilines is 4. The van der Waals surface area contributed by atoms with E-state index < -0.39 is 11.8 Å². The molecule has 5 rings (SSSR count). The van der Waals surface area contributed by atoms with Crippen molar-refractivity contribution in [2.24, 2.45) is 0 Å². The normalized spacial score (nSPS) is 15.5. The molecule has 0 aromatic heterocycles. The first-order chi connectivity index (χ1) is 18.0. The SMILES string of the molecule is CCc1ccccc1N1C(=O)C(Cl)=C(Nc2ccc(C(=O)Nc3ccc(N4CCCC4)cc3)cc2)C1=O. The van der Waals surface area contributed by atoms with Gasteiger partial charge < -0.3 is 15.5 Å². The van der Waals surface area contributed by atoms with Crippen molar-refractivity contribution in [3.05, 3.63) is 94.7 Å². The summed E-state index contributed by atoms with van der Waals surface area (Å²) in [5.41, 5.74) is 4.28. The summed E-state index contributed by atoms with van der Waals surface area (Å²) in [5.74, 6) is -1.33. The highest BCUT2D eigenvalue weighted by Gasteiger charge is 2.39. The van der Waals surface area contributed by atoms with Gasteiger partial charge in [-0.05, 0) is 79.4 Å². The fourth-order valence-electron chi connectivity index (χ4n) is 4.64. The Morgan fingerprint density at radius 2 is 1.51 bits per heavy atom. The van der Waals surface area contributed by atoms with Gasteiger partial charge in [-0.2, -0.15) is 0 Å². The van der Waals surface area contributed by atoms with Gasteiger partial charge in [0.2, 0.25) is 0 Å². The minimum absolute atomic E-state index is 0.00728. The molecule has 0 atom stereocenters. The highest BCUT2D eigenvalue weighted by atomic mass is 35.5. The van der Waals surface area contributed by atoms with E-state index in [-0.39, 0.29) is 16.6 Å². The first-order valence-corrected chi connectivity index (χ1v) is 12.7. The highest BCUT2D eigenvalue weighted by Crippen LogP contribution is 2.32. The average Bonchev–Trinajstić information content (AvgIpc) is 3.53. The Hall–Kier alpha value is -4.10. The maximum Gasteiger partial charge on any atom is 0.283 e. The predicted octanol–water partition coefficient (Wildman–Crippen LogP) is 5.54. The standard InChI is InChI=1S/C29H27ClN4O3/c1-2-19-7-3-4-8-24(19)34-28(36)25(30)26(29(34)37)31-21-11-9-20(10-12-21)27(35)32-22-13-15-23(16-14-22)33-17-5-6-18-33/h3-4,7-16,31H,2,5-6,17-18H2,1H3,(H,32,35). The van der Waals surface area contributed by atoms with Gasteiger partial charge in [0.05, 0.1) is 5.69 Å². The van der Waals surface area contributed by atoms with Gasteiger partial charge in [-0.3, -0.25) is 14.4 Å². The zero-order valence-electron chi connectivity index (χ0n) is 20.5. The Labute approximate surface area is 220 Å². The molecule has 2 aliphatic rings. The van der Waals surface area contributed by atoms with Crippen molar-refractivity contribution in [3.63, 3.8) is 0 Å². The number of rotatable bonds is 7. The third kappa shape index (κ3) is 4.95. The molecule has 3 aromatic carbocycles. The highest BCUT2D eigenvalue weighted by molar-refractivity contribution is 6.53. The summed E-state index contributed by atoms with van der Waals surface area (Å²) >= 11 is 6.28. The number of aryl methyl sites for hydroxylation is 1. The van der Waals surface area contributed by atoms with Crippen LogP contribution < -0.4 is 20.4 Å². The van der Waals surface area contributed by atoms with Crippen LogP contribution in [0.5, 0.6) is 0 Å². The molecule has 2 aliphatic heterocycles. The lowest BCUT2D eigenvalue weighted by Gasteiger charge is -2.18. The van der Waals surface area contributed by atoms with Crippen LogP contribution in [0.25, 0.3) is 0 Å². The first-order valence-electron chi connectivity index (χ1n) is 12.4. The Balaban J connectivity index is 1.25. The van der Waals surface area contributed by atoms with Crippen molar-refractivity contribution >= 4 is 52.1 Å². The number of carbonyl (C=O) groups excluding carboxylic acids is 3. The van der Waals surface area contributed by atoms with Crippen LogP contribution in [-0.2, 0) is 16.0 Å². The topological polar surface area (TPSA) is 81.8 Å². The predicted molar refractivity (Wildman–Crippen MR) is 147 cm³/mol. The zero-order chi connectivity index (χ0) is 25.9. The molecule has 0 saturated carbocycles. The Kier molecular flexibility index (Phi) is 6.97. The van der Waals surface area contributed by atoms with E-state index in [0.29, 0.717) is 23.4 Å². The van der Waals surface area contributed by atoms with E-state index in [1.54, 1.807) is 36.4 Å². The van der Waals surface area contributed by atoms with Crippen LogP contribution in [0.4, 0.5) is 22.7 Å². The van der Waals surface area contributed by atoms with Gasteiger partial charge in [-0.1, -0.05) is 36.7 Å². The molecule has 37 heavy (non-hydrogen) atoms. The summed E-state index contributed by atoms with van der Waals surface area (Å²) in [6, 6.07) is 21.7. The number of imide groups is 1. The fraction of sp³-hybridized carbons (Fsp3) is 0.207. The van der Waals surface area contributed by atoms with Crippen molar-refractivity contribution in [3.8, 4) is 0 Å². The van der Waals surface area contributed by atoms with Crippen LogP contribution in [0, 0.1) is 0 Å². The van der Waals surface area contributed by atoms with Gasteiger partial charge in [-0.15, -0.1) is 0 Å². The molecule has 3 amide bonds. The van der Waals surface area contributed by atoms with E-state index in [4.69, 9.17) is 11.6 Å². The molecule has 8 heteroatoms. The fourth-order valence-corrected chi connectivity index (χ4v) is 4.85. The largest absolute Gasteiger partial charge is 0.372 e. The second kappa shape index (κ2) is 10.5. The number of hydrogen-bond acceptors (Lipinski definition) is 5. The van der Waals surface area contributed by atoms with Crippen molar-refractivity contribution in [1.29, 1.82) is 0 Å². The van der Waals surface area contributed by atoms with Crippen LogP contribution in [-0.4, -0.2) is 30.8 Å². The van der Waals surface area contributed by atoms with Crippen LogP contribution in [0.3, 0.4) is 0 Å². The minimum atomic E-state index is -0.568. The monoisotopic (exact) mass is 514 g/mol. The lowest BCUT2D eigenvalue weighted by atomic mass is 10.1. The second-order valence-corrected chi connectivity index (χ2v) is 9.39. The maximum atomic E-state index is 13.1. The molecule has 1 fully saturated rings. The number of nitrogens with one attached hydrogen (secondary N) is 2. The van der Waals surface area contributed by atoms with Crippen molar-refractivity contribution < 1.29 is 14.4 Å². The maximum absolute atomic E-state index is 13.1. The molecule has 0 bridgehead atoms. The lowest BCUT2D eigenvalue weighted by Crippen LogP contribution is -2.33. The molecule has 0 unspecified atom stereocenters. The lowest BCUT2D eigenvalue weighted by molar-refractivity contribution is -0.120. The number of nitrogens with zero attached hydrogens (tertiary/aromatic N) is 2. The Morgan fingerprint density at radius 3 is 2.19 bits per heavy atom. The van der Waals surface area contributed by atoms with Gasteiger partial charge >= 0.3 is 0 Å². The van der Waals surface area contributed by atoms with Crippen LogP contribution in [0.2, 0.25) is 0 Å². The number of amides is 3. The van der Waals surface area contributed by atoms with Gasteiger partial charge in [0.25, 0.3) is 17.7 Å².